The van der Waals surface area contributed by atoms with Gasteiger partial charge in [-0.2, -0.15) is 0 Å². The Morgan fingerprint density at radius 3 is 3.00 bits per heavy atom. The maximum atomic E-state index is 5.97. The molecule has 2 aliphatic rings. The zero-order chi connectivity index (χ0) is 15.7. The van der Waals surface area contributed by atoms with Crippen LogP contribution >= 0.6 is 11.3 Å². The molecule has 1 aliphatic heterocycles. The van der Waals surface area contributed by atoms with Crippen LogP contribution in [-0.4, -0.2) is 31.8 Å². The number of rotatable bonds is 3. The number of nitrogens with one attached hydrogen (secondary N) is 2. The summed E-state index contributed by atoms with van der Waals surface area (Å²) in [6.45, 7) is 8.51. The molecule has 2 fully saturated rings. The van der Waals surface area contributed by atoms with Gasteiger partial charge in [0.05, 0.1) is 12.6 Å². The molecular weight excluding hydrogens is 294 g/mol. The van der Waals surface area contributed by atoms with Crippen LogP contribution in [0, 0.1) is 18.3 Å². The molecule has 1 saturated carbocycles. The molecule has 1 aromatic rings. The summed E-state index contributed by atoms with van der Waals surface area (Å²) in [6.07, 6.45) is 2.83. The minimum absolute atomic E-state index is 0.168. The van der Waals surface area contributed by atoms with Crippen molar-refractivity contribution in [2.75, 3.05) is 13.7 Å². The van der Waals surface area contributed by atoms with E-state index in [0.29, 0.717) is 18.1 Å². The smallest absolute Gasteiger partial charge is 0.191 e. The quantitative estimate of drug-likeness (QED) is 0.665. The van der Waals surface area contributed by atoms with Gasteiger partial charge in [-0.15, -0.1) is 11.3 Å². The van der Waals surface area contributed by atoms with E-state index in [9.17, 15) is 0 Å². The number of aryl methyl sites for hydroxylation is 1. The van der Waals surface area contributed by atoms with E-state index >= 15 is 0 Å². The zero-order valence-electron chi connectivity index (χ0n) is 14.0. The summed E-state index contributed by atoms with van der Waals surface area (Å²) in [6, 6.07) is 2.60. The fourth-order valence-corrected chi connectivity index (χ4v) is 4.75. The van der Waals surface area contributed by atoms with E-state index in [2.05, 4.69) is 47.8 Å². The molecule has 122 valence electrons. The second-order valence-electron chi connectivity index (χ2n) is 6.99. The van der Waals surface area contributed by atoms with E-state index in [4.69, 9.17) is 4.74 Å². The van der Waals surface area contributed by atoms with E-state index in [1.807, 2.05) is 7.05 Å². The number of hydrogen-bond donors (Lipinski definition) is 2. The predicted molar refractivity (Wildman–Crippen MR) is 92.4 cm³/mol. The SMILES string of the molecule is CN=C(NCc1sccc1C)NC1C2CCCOC2C1(C)C. The molecular formula is C17H27N3OS. The molecule has 0 amide bonds. The van der Waals surface area contributed by atoms with Crippen molar-refractivity contribution in [1.82, 2.24) is 10.6 Å². The molecule has 1 aromatic heterocycles. The summed E-state index contributed by atoms with van der Waals surface area (Å²) in [7, 11) is 1.84. The van der Waals surface area contributed by atoms with Crippen LogP contribution in [0.3, 0.4) is 0 Å². The van der Waals surface area contributed by atoms with E-state index < -0.39 is 0 Å². The first-order valence-corrected chi connectivity index (χ1v) is 9.03. The minimum Gasteiger partial charge on any atom is -0.377 e. The summed E-state index contributed by atoms with van der Waals surface area (Å²) < 4.78 is 5.97. The average molecular weight is 321 g/mol. The molecule has 0 bridgehead atoms. The fraction of sp³-hybridized carbons (Fsp3) is 0.706. The number of nitrogens with zero attached hydrogens (tertiary/aromatic N) is 1. The van der Waals surface area contributed by atoms with Gasteiger partial charge in [0, 0.05) is 35.9 Å². The van der Waals surface area contributed by atoms with Crippen molar-refractivity contribution in [3.63, 3.8) is 0 Å². The molecule has 0 radical (unpaired) electrons. The van der Waals surface area contributed by atoms with Gasteiger partial charge in [0.25, 0.3) is 0 Å². The predicted octanol–water partition coefficient (Wildman–Crippen LogP) is 2.93. The molecule has 5 heteroatoms. The van der Waals surface area contributed by atoms with Gasteiger partial charge in [-0.3, -0.25) is 4.99 Å². The van der Waals surface area contributed by atoms with Crippen LogP contribution in [0.5, 0.6) is 0 Å². The Bertz CT molecular complexity index is 552. The van der Waals surface area contributed by atoms with Gasteiger partial charge >= 0.3 is 0 Å². The highest BCUT2D eigenvalue weighted by atomic mass is 32.1. The standard InChI is InChI=1S/C17H27N3OS/c1-11-7-9-22-13(11)10-19-16(18-4)20-14-12-6-5-8-21-15(12)17(14,2)3/h7,9,12,14-15H,5-6,8,10H2,1-4H3,(H2,18,19,20). The molecule has 0 spiro atoms. The molecule has 1 saturated heterocycles. The third-order valence-electron chi connectivity index (χ3n) is 5.23. The molecule has 0 aromatic carbocycles. The fourth-order valence-electron chi connectivity index (χ4n) is 3.91. The lowest BCUT2D eigenvalue weighted by molar-refractivity contribution is -0.188. The largest absolute Gasteiger partial charge is 0.377 e. The van der Waals surface area contributed by atoms with Gasteiger partial charge in [0.15, 0.2) is 5.96 Å². The zero-order valence-corrected chi connectivity index (χ0v) is 14.8. The second-order valence-corrected chi connectivity index (χ2v) is 7.99. The summed E-state index contributed by atoms with van der Waals surface area (Å²) in [5, 5.41) is 9.23. The molecule has 22 heavy (non-hydrogen) atoms. The van der Waals surface area contributed by atoms with Gasteiger partial charge in [-0.1, -0.05) is 13.8 Å². The first kappa shape index (κ1) is 15.8. The van der Waals surface area contributed by atoms with Crippen LogP contribution in [-0.2, 0) is 11.3 Å². The number of ether oxygens (including phenoxy) is 1. The summed E-state index contributed by atoms with van der Waals surface area (Å²) >= 11 is 1.79. The highest BCUT2D eigenvalue weighted by Crippen LogP contribution is 2.51. The maximum Gasteiger partial charge on any atom is 0.191 e. The van der Waals surface area contributed by atoms with Crippen molar-refractivity contribution >= 4 is 17.3 Å². The van der Waals surface area contributed by atoms with E-state index in [1.165, 1.54) is 23.3 Å². The first-order valence-electron chi connectivity index (χ1n) is 8.16. The van der Waals surface area contributed by atoms with Crippen LogP contribution in [0.4, 0.5) is 0 Å². The van der Waals surface area contributed by atoms with Crippen molar-refractivity contribution in [1.29, 1.82) is 0 Å². The van der Waals surface area contributed by atoms with Crippen molar-refractivity contribution in [2.45, 2.75) is 52.3 Å². The van der Waals surface area contributed by atoms with E-state index in [-0.39, 0.29) is 5.41 Å². The van der Waals surface area contributed by atoms with E-state index in [1.54, 1.807) is 11.3 Å². The van der Waals surface area contributed by atoms with E-state index in [0.717, 1.165) is 19.1 Å². The Hall–Kier alpha value is -1.07. The summed E-state index contributed by atoms with van der Waals surface area (Å²) in [4.78, 5) is 5.77. The monoisotopic (exact) mass is 321 g/mol. The Morgan fingerprint density at radius 1 is 1.50 bits per heavy atom. The van der Waals surface area contributed by atoms with Crippen LogP contribution in [0.15, 0.2) is 16.4 Å². The molecule has 2 N–H and O–H groups in total. The number of guanidine groups is 1. The third-order valence-corrected chi connectivity index (χ3v) is 6.25. The van der Waals surface area contributed by atoms with Gasteiger partial charge in [0.1, 0.15) is 0 Å². The van der Waals surface area contributed by atoms with Crippen LogP contribution in [0.2, 0.25) is 0 Å². The molecule has 1 aliphatic carbocycles. The highest BCUT2D eigenvalue weighted by Gasteiger charge is 2.58. The lowest BCUT2D eigenvalue weighted by Gasteiger charge is -2.60. The normalized spacial score (nSPS) is 30.4. The third kappa shape index (κ3) is 2.76. The summed E-state index contributed by atoms with van der Waals surface area (Å²) in [5.74, 6) is 1.51. The molecule has 4 nitrogen and oxygen atoms in total. The molecule has 2 heterocycles. The van der Waals surface area contributed by atoms with Gasteiger partial charge in [-0.05, 0) is 36.8 Å². The lowest BCUT2D eigenvalue weighted by Crippen LogP contribution is -2.70. The number of thiophene rings is 1. The number of hydrogen-bond acceptors (Lipinski definition) is 3. The molecule has 3 rings (SSSR count). The molecule has 3 atom stereocenters. The van der Waals surface area contributed by atoms with Crippen LogP contribution < -0.4 is 10.6 Å². The lowest BCUT2D eigenvalue weighted by atomic mass is 9.55. The van der Waals surface area contributed by atoms with Crippen molar-refractivity contribution in [3.05, 3.63) is 21.9 Å². The Labute approximate surface area is 137 Å². The first-order chi connectivity index (χ1) is 10.5. The summed E-state index contributed by atoms with van der Waals surface area (Å²) in [5.41, 5.74) is 1.51. The highest BCUT2D eigenvalue weighted by molar-refractivity contribution is 7.10. The Balaban J connectivity index is 1.60. The average Bonchev–Trinajstić information content (AvgIpc) is 2.92. The van der Waals surface area contributed by atoms with Gasteiger partial charge < -0.3 is 15.4 Å². The second kappa shape index (κ2) is 6.20. The van der Waals surface area contributed by atoms with Crippen LogP contribution in [0.1, 0.15) is 37.1 Å². The topological polar surface area (TPSA) is 45.7 Å². The Kier molecular flexibility index (Phi) is 4.46. The van der Waals surface area contributed by atoms with Crippen molar-refractivity contribution < 1.29 is 4.74 Å². The van der Waals surface area contributed by atoms with Crippen molar-refractivity contribution in [3.8, 4) is 0 Å². The Morgan fingerprint density at radius 2 is 2.32 bits per heavy atom. The number of fused-ring (bicyclic) bond motifs is 1. The van der Waals surface area contributed by atoms with Crippen LogP contribution in [0.25, 0.3) is 0 Å². The van der Waals surface area contributed by atoms with Gasteiger partial charge in [0.2, 0.25) is 0 Å². The van der Waals surface area contributed by atoms with Gasteiger partial charge in [-0.25, -0.2) is 0 Å². The minimum atomic E-state index is 0.168. The number of aliphatic imine (C=N–C) groups is 1. The maximum absolute atomic E-state index is 5.97. The van der Waals surface area contributed by atoms with Crippen molar-refractivity contribution in [2.24, 2.45) is 16.3 Å². The molecule has 3 unspecified atom stereocenters.